The number of fused-ring (bicyclic) bond motifs is 1. The minimum atomic E-state index is -0.344. The van der Waals surface area contributed by atoms with Crippen molar-refractivity contribution < 1.29 is 19.2 Å². The highest BCUT2D eigenvalue weighted by molar-refractivity contribution is 6.09. The van der Waals surface area contributed by atoms with Crippen molar-refractivity contribution >= 4 is 23.6 Å². The molecule has 0 unspecified atom stereocenters. The zero-order chi connectivity index (χ0) is 13.8. The Balaban J connectivity index is 1.63. The molecular weight excluding hydrogens is 260 g/mol. The number of hydrogen-bond acceptors (Lipinski definition) is 4. The fourth-order valence-electron chi connectivity index (χ4n) is 5.44. The molecule has 0 spiro atoms. The molecule has 2 N–H and O–H groups in total. The van der Waals surface area contributed by atoms with E-state index in [-0.39, 0.29) is 71.0 Å². The van der Waals surface area contributed by atoms with Crippen LogP contribution in [-0.4, -0.2) is 23.6 Å². The summed E-state index contributed by atoms with van der Waals surface area (Å²) in [4.78, 5) is 47.8. The Kier molecular flexibility index (Phi) is 1.63. The predicted molar refractivity (Wildman–Crippen MR) is 63.4 cm³/mol. The third-order valence-electron chi connectivity index (χ3n) is 6.03. The molecule has 6 heteroatoms. The van der Waals surface area contributed by atoms with Gasteiger partial charge >= 0.3 is 0 Å². The summed E-state index contributed by atoms with van der Waals surface area (Å²) in [7, 11) is 0. The Hall–Kier alpha value is -1.98. The van der Waals surface area contributed by atoms with Crippen molar-refractivity contribution in [3.8, 4) is 0 Å². The van der Waals surface area contributed by atoms with Crippen molar-refractivity contribution in [2.75, 3.05) is 0 Å². The molecule has 4 fully saturated rings. The molecule has 0 aromatic heterocycles. The second kappa shape index (κ2) is 3.02. The van der Waals surface area contributed by atoms with Crippen molar-refractivity contribution in [2.24, 2.45) is 47.3 Å². The fraction of sp³-hybridized carbons (Fsp3) is 0.571. The molecule has 8 atom stereocenters. The second-order valence-electron chi connectivity index (χ2n) is 6.50. The molecule has 6 nitrogen and oxygen atoms in total. The van der Waals surface area contributed by atoms with E-state index >= 15 is 0 Å². The first-order valence-corrected chi connectivity index (χ1v) is 6.97. The van der Waals surface area contributed by atoms with Gasteiger partial charge in [-0.1, -0.05) is 12.2 Å². The van der Waals surface area contributed by atoms with Crippen LogP contribution in [0.4, 0.5) is 0 Å². The Bertz CT molecular complexity index is 587. The van der Waals surface area contributed by atoms with Gasteiger partial charge in [-0.15, -0.1) is 0 Å². The van der Waals surface area contributed by atoms with Crippen molar-refractivity contribution in [3.63, 3.8) is 0 Å². The predicted octanol–water partition coefficient (Wildman–Crippen LogP) is -1.17. The van der Waals surface area contributed by atoms with Crippen LogP contribution < -0.4 is 10.6 Å². The summed E-state index contributed by atoms with van der Waals surface area (Å²) in [5, 5.41) is 4.81. The summed E-state index contributed by atoms with van der Waals surface area (Å²) in [5.41, 5.74) is 0. The molecule has 20 heavy (non-hydrogen) atoms. The highest BCUT2D eigenvalue weighted by Crippen LogP contribution is 2.66. The molecule has 2 aliphatic heterocycles. The number of imide groups is 2. The number of hydrogen-bond donors (Lipinski definition) is 2. The van der Waals surface area contributed by atoms with Crippen LogP contribution in [0.25, 0.3) is 0 Å². The lowest BCUT2D eigenvalue weighted by atomic mass is 9.40. The van der Waals surface area contributed by atoms with Crippen LogP contribution in [-0.2, 0) is 19.2 Å². The average Bonchev–Trinajstić information content (AvgIpc) is 2.78. The van der Waals surface area contributed by atoms with E-state index in [2.05, 4.69) is 10.6 Å². The van der Waals surface area contributed by atoms with E-state index in [0.717, 1.165) is 0 Å². The summed E-state index contributed by atoms with van der Waals surface area (Å²) < 4.78 is 0. The van der Waals surface area contributed by atoms with Gasteiger partial charge in [0.15, 0.2) is 0 Å². The number of carbonyl (C=O) groups is 4. The first-order chi connectivity index (χ1) is 9.59. The van der Waals surface area contributed by atoms with Gasteiger partial charge in [0, 0.05) is 0 Å². The SMILES string of the molecule is O=C1NC(=O)[C@@H]2[C@@H]3C=C[C@@H]([C@@H]12)[C@@H]1[C@H]2C(=O)NC(=O)[C@@H]2[C@H]31. The molecule has 0 aromatic carbocycles. The van der Waals surface area contributed by atoms with Crippen molar-refractivity contribution in [1.82, 2.24) is 10.6 Å². The lowest BCUT2D eigenvalue weighted by Crippen LogP contribution is -2.63. The van der Waals surface area contributed by atoms with Gasteiger partial charge in [0.2, 0.25) is 23.6 Å². The quantitative estimate of drug-likeness (QED) is 0.429. The summed E-state index contributed by atoms with van der Waals surface area (Å²) in [6.45, 7) is 0. The second-order valence-corrected chi connectivity index (χ2v) is 6.50. The summed E-state index contributed by atoms with van der Waals surface area (Å²) in [6.07, 6.45) is 3.97. The molecule has 4 aliphatic carbocycles. The van der Waals surface area contributed by atoms with Gasteiger partial charge < -0.3 is 0 Å². The lowest BCUT2D eigenvalue weighted by Gasteiger charge is -2.60. The number of rotatable bonds is 0. The molecular formula is C14H12N2O4. The van der Waals surface area contributed by atoms with Crippen molar-refractivity contribution in [2.45, 2.75) is 0 Å². The van der Waals surface area contributed by atoms with Crippen LogP contribution in [0.3, 0.4) is 0 Å². The van der Waals surface area contributed by atoms with Gasteiger partial charge in [-0.05, 0) is 23.7 Å². The normalized spacial score (nSPS) is 54.0. The summed E-state index contributed by atoms with van der Waals surface area (Å²) in [6, 6.07) is 0. The molecule has 6 rings (SSSR count). The molecule has 0 aromatic rings. The maximum Gasteiger partial charge on any atom is 0.231 e. The molecule has 6 aliphatic rings. The molecule has 2 saturated carbocycles. The molecule has 2 heterocycles. The first-order valence-electron chi connectivity index (χ1n) is 6.97. The Morgan fingerprint density at radius 2 is 0.950 bits per heavy atom. The standard InChI is InChI=1S/C14H12N2O4/c17-11-7-3-1-2-4(8(7)12(18)15-11)6-5(3)9-10(6)14(20)16-13(9)19/h1-10H,(H,15,17,18)(H,16,19,20)/t3-,4-,5-,6+,7-,8-,9-,10-/m1/s1. The van der Waals surface area contributed by atoms with Crippen LogP contribution in [0.2, 0.25) is 0 Å². The van der Waals surface area contributed by atoms with E-state index in [1.165, 1.54) is 0 Å². The molecule has 102 valence electrons. The van der Waals surface area contributed by atoms with Gasteiger partial charge in [0.05, 0.1) is 23.7 Å². The van der Waals surface area contributed by atoms with E-state index in [0.29, 0.717) is 0 Å². The zero-order valence-electron chi connectivity index (χ0n) is 10.4. The Morgan fingerprint density at radius 3 is 1.35 bits per heavy atom. The largest absolute Gasteiger partial charge is 0.296 e. The van der Waals surface area contributed by atoms with Crippen molar-refractivity contribution in [3.05, 3.63) is 12.2 Å². The van der Waals surface area contributed by atoms with Gasteiger partial charge in [-0.3, -0.25) is 29.8 Å². The highest BCUT2D eigenvalue weighted by atomic mass is 16.2. The van der Waals surface area contributed by atoms with Gasteiger partial charge in [-0.2, -0.15) is 0 Å². The number of carbonyl (C=O) groups excluding carboxylic acids is 4. The smallest absolute Gasteiger partial charge is 0.231 e. The Morgan fingerprint density at radius 1 is 0.600 bits per heavy atom. The minimum Gasteiger partial charge on any atom is -0.296 e. The van der Waals surface area contributed by atoms with Crippen LogP contribution in [0.5, 0.6) is 0 Å². The fourth-order valence-corrected chi connectivity index (χ4v) is 5.44. The highest BCUT2D eigenvalue weighted by Gasteiger charge is 2.72. The Labute approximate surface area is 114 Å². The van der Waals surface area contributed by atoms with E-state index < -0.39 is 0 Å². The van der Waals surface area contributed by atoms with E-state index in [1.807, 2.05) is 12.2 Å². The van der Waals surface area contributed by atoms with Gasteiger partial charge in [0.1, 0.15) is 0 Å². The minimum absolute atomic E-state index is 0.0411. The number of allylic oxidation sites excluding steroid dienone is 2. The molecule has 4 amide bonds. The summed E-state index contributed by atoms with van der Waals surface area (Å²) in [5.74, 6) is -2.21. The van der Waals surface area contributed by atoms with Crippen LogP contribution in [0.1, 0.15) is 0 Å². The zero-order valence-corrected chi connectivity index (χ0v) is 10.4. The van der Waals surface area contributed by atoms with Crippen molar-refractivity contribution in [1.29, 1.82) is 0 Å². The number of amides is 4. The monoisotopic (exact) mass is 272 g/mol. The third kappa shape index (κ3) is 0.910. The molecule has 0 radical (unpaired) electrons. The van der Waals surface area contributed by atoms with Crippen LogP contribution >= 0.6 is 0 Å². The maximum absolute atomic E-state index is 12.0. The topological polar surface area (TPSA) is 92.3 Å². The van der Waals surface area contributed by atoms with Crippen LogP contribution in [0.15, 0.2) is 12.2 Å². The van der Waals surface area contributed by atoms with Gasteiger partial charge in [-0.25, -0.2) is 0 Å². The molecule has 2 bridgehead atoms. The number of nitrogens with one attached hydrogen (secondary N) is 2. The third-order valence-corrected chi connectivity index (χ3v) is 6.03. The lowest BCUT2D eigenvalue weighted by molar-refractivity contribution is -0.166. The van der Waals surface area contributed by atoms with Crippen LogP contribution in [0, 0.1) is 47.3 Å². The first kappa shape index (κ1) is 10.8. The summed E-state index contributed by atoms with van der Waals surface area (Å²) >= 11 is 0. The van der Waals surface area contributed by atoms with E-state index in [4.69, 9.17) is 0 Å². The maximum atomic E-state index is 12.0. The van der Waals surface area contributed by atoms with E-state index in [1.54, 1.807) is 0 Å². The van der Waals surface area contributed by atoms with Gasteiger partial charge in [0.25, 0.3) is 0 Å². The average molecular weight is 272 g/mol. The molecule has 2 saturated heterocycles. The van der Waals surface area contributed by atoms with E-state index in [9.17, 15) is 19.2 Å².